The molecule has 0 bridgehead atoms. The number of carbonyl (C=O) groups is 2. The van der Waals surface area contributed by atoms with Crippen LogP contribution in [0, 0.1) is 0 Å². The molecule has 0 atom stereocenters. The molecule has 0 saturated heterocycles. The summed E-state index contributed by atoms with van der Waals surface area (Å²) >= 11 is 0. The van der Waals surface area contributed by atoms with E-state index in [1.165, 1.54) is 0 Å². The second-order valence-corrected chi connectivity index (χ2v) is 3.70. The SMILES string of the molecule is O=C(O)/C=C\C(=O)OCCS(=O)(=O)O.[NaH].[NaH]. The van der Waals surface area contributed by atoms with Crippen LogP contribution in [0.5, 0.6) is 0 Å². The number of hydrogen-bond acceptors (Lipinski definition) is 5. The summed E-state index contributed by atoms with van der Waals surface area (Å²) in [4.78, 5) is 20.5. The summed E-state index contributed by atoms with van der Waals surface area (Å²) < 4.78 is 32.7. The zero-order valence-electron chi connectivity index (χ0n) is 6.91. The van der Waals surface area contributed by atoms with Crippen molar-refractivity contribution in [2.45, 2.75) is 0 Å². The maximum atomic E-state index is 10.6. The van der Waals surface area contributed by atoms with Crippen molar-refractivity contribution in [3.8, 4) is 0 Å². The average Bonchev–Trinajstić information content (AvgIpc) is 1.98. The van der Waals surface area contributed by atoms with Crippen molar-refractivity contribution in [3.05, 3.63) is 12.2 Å². The van der Waals surface area contributed by atoms with E-state index in [0.29, 0.717) is 12.2 Å². The van der Waals surface area contributed by atoms with Crippen LogP contribution in [0.25, 0.3) is 0 Å². The van der Waals surface area contributed by atoms with Gasteiger partial charge in [0.05, 0.1) is 0 Å². The first-order valence-corrected chi connectivity index (χ1v) is 4.95. The predicted octanol–water partition coefficient (Wildman–Crippen LogP) is -2.24. The minimum absolute atomic E-state index is 0. The Morgan fingerprint density at radius 3 is 2.06 bits per heavy atom. The normalized spacial score (nSPS) is 10.1. The standard InChI is InChI=1S/C6H8O7S.2Na.2H/c7-5(8)1-2-6(9)13-3-4-14(10,11)12;;;;/h1-2H,3-4H2,(H,7,8)(H,10,11,12);;;;/b2-1-;;;;. The van der Waals surface area contributed by atoms with Crippen molar-refractivity contribution in [2.24, 2.45) is 0 Å². The number of rotatable bonds is 5. The zero-order valence-corrected chi connectivity index (χ0v) is 7.73. The first kappa shape index (κ1) is 21.8. The van der Waals surface area contributed by atoms with E-state index in [1.54, 1.807) is 0 Å². The third kappa shape index (κ3) is 17.0. The van der Waals surface area contributed by atoms with Gasteiger partial charge in [-0.25, -0.2) is 9.59 Å². The van der Waals surface area contributed by atoms with Gasteiger partial charge in [0.15, 0.2) is 0 Å². The fourth-order valence-electron chi connectivity index (χ4n) is 0.435. The Labute approximate surface area is 137 Å². The van der Waals surface area contributed by atoms with E-state index < -0.39 is 34.4 Å². The van der Waals surface area contributed by atoms with E-state index in [1.807, 2.05) is 0 Å². The molecule has 0 radical (unpaired) electrons. The molecule has 0 fully saturated rings. The number of esters is 1. The topological polar surface area (TPSA) is 118 Å². The molecule has 0 aromatic heterocycles. The summed E-state index contributed by atoms with van der Waals surface area (Å²) in [5, 5.41) is 8.09. The molecule has 7 nitrogen and oxygen atoms in total. The summed E-state index contributed by atoms with van der Waals surface area (Å²) in [5.74, 6) is -3.03. The van der Waals surface area contributed by atoms with Crippen molar-refractivity contribution in [2.75, 3.05) is 12.4 Å². The van der Waals surface area contributed by atoms with Crippen LogP contribution in [0.2, 0.25) is 0 Å². The third-order valence-corrected chi connectivity index (χ3v) is 1.63. The molecule has 0 rings (SSSR count). The molecular weight excluding hydrogens is 262 g/mol. The Kier molecular flexibility index (Phi) is 14.6. The van der Waals surface area contributed by atoms with Crippen molar-refractivity contribution in [1.82, 2.24) is 0 Å². The van der Waals surface area contributed by atoms with E-state index in [9.17, 15) is 18.0 Å². The van der Waals surface area contributed by atoms with Crippen molar-refractivity contribution in [1.29, 1.82) is 0 Å². The van der Waals surface area contributed by atoms with Crippen molar-refractivity contribution >= 4 is 81.2 Å². The van der Waals surface area contributed by atoms with Gasteiger partial charge in [-0.1, -0.05) is 0 Å². The monoisotopic (exact) mass is 272 g/mol. The number of ether oxygens (including phenoxy) is 1. The summed E-state index contributed by atoms with van der Waals surface area (Å²) in [6.45, 7) is -0.526. The number of hydrogen-bond donors (Lipinski definition) is 2. The Morgan fingerprint density at radius 1 is 1.19 bits per heavy atom. The van der Waals surface area contributed by atoms with Gasteiger partial charge in [0.2, 0.25) is 0 Å². The molecule has 0 aliphatic heterocycles. The van der Waals surface area contributed by atoms with E-state index >= 15 is 0 Å². The first-order chi connectivity index (χ1) is 6.31. The van der Waals surface area contributed by atoms with Crippen LogP contribution < -0.4 is 0 Å². The Balaban J connectivity index is -0.000000845. The maximum absolute atomic E-state index is 10.6. The number of carboxylic acids is 1. The van der Waals surface area contributed by atoms with Gasteiger partial charge in [-0.05, 0) is 0 Å². The average molecular weight is 272 g/mol. The quantitative estimate of drug-likeness (QED) is 0.251. The molecule has 0 aromatic carbocycles. The van der Waals surface area contributed by atoms with Crippen LogP contribution in [0.15, 0.2) is 12.2 Å². The van der Waals surface area contributed by atoms with Gasteiger partial charge in [-0.3, -0.25) is 4.55 Å². The second kappa shape index (κ2) is 10.7. The second-order valence-electron chi connectivity index (χ2n) is 2.13. The van der Waals surface area contributed by atoms with Crippen LogP contribution in [0.4, 0.5) is 0 Å². The third-order valence-electron chi connectivity index (χ3n) is 0.948. The molecular formula is C6H10Na2O7S. The predicted molar refractivity (Wildman–Crippen MR) is 58.4 cm³/mol. The Hall–Kier alpha value is 0.590. The van der Waals surface area contributed by atoms with Crippen LogP contribution in [-0.4, -0.2) is 101 Å². The van der Waals surface area contributed by atoms with Crippen LogP contribution in [0.3, 0.4) is 0 Å². The van der Waals surface area contributed by atoms with Gasteiger partial charge >= 0.3 is 71.1 Å². The molecule has 0 spiro atoms. The van der Waals surface area contributed by atoms with Gasteiger partial charge in [-0.2, -0.15) is 8.42 Å². The molecule has 84 valence electrons. The van der Waals surface area contributed by atoms with Crippen LogP contribution >= 0.6 is 0 Å². The molecule has 0 heterocycles. The van der Waals surface area contributed by atoms with Crippen LogP contribution in [-0.2, 0) is 24.4 Å². The number of carbonyl (C=O) groups excluding carboxylic acids is 1. The molecule has 0 unspecified atom stereocenters. The molecule has 2 N–H and O–H groups in total. The van der Waals surface area contributed by atoms with Gasteiger partial charge in [0, 0.05) is 12.2 Å². The molecule has 0 aromatic rings. The van der Waals surface area contributed by atoms with Gasteiger partial charge in [0.1, 0.15) is 12.4 Å². The number of carboxylic acid groups (broad SMARTS) is 1. The molecule has 10 heteroatoms. The summed E-state index contributed by atoms with van der Waals surface area (Å²) in [6.07, 6.45) is 1.18. The fraction of sp³-hybridized carbons (Fsp3) is 0.333. The van der Waals surface area contributed by atoms with Crippen molar-refractivity contribution < 1.29 is 32.4 Å². The molecule has 16 heavy (non-hydrogen) atoms. The van der Waals surface area contributed by atoms with Gasteiger partial charge in [0.25, 0.3) is 10.1 Å². The molecule has 0 aliphatic rings. The van der Waals surface area contributed by atoms with E-state index in [0.717, 1.165) is 0 Å². The molecule has 0 amide bonds. The van der Waals surface area contributed by atoms with E-state index in [-0.39, 0.29) is 59.1 Å². The van der Waals surface area contributed by atoms with Crippen LogP contribution in [0.1, 0.15) is 0 Å². The Morgan fingerprint density at radius 2 is 1.69 bits per heavy atom. The summed E-state index contributed by atoms with van der Waals surface area (Å²) in [6, 6.07) is 0. The number of aliphatic carboxylic acids is 1. The first-order valence-electron chi connectivity index (χ1n) is 3.34. The van der Waals surface area contributed by atoms with Gasteiger partial charge < -0.3 is 9.84 Å². The van der Waals surface area contributed by atoms with E-state index in [4.69, 9.17) is 9.66 Å². The fourth-order valence-corrected chi connectivity index (χ4v) is 0.729. The molecule has 0 aliphatic carbocycles. The zero-order chi connectivity index (χ0) is 11.2. The Bertz CT molecular complexity index is 348. The summed E-state index contributed by atoms with van der Waals surface area (Å²) in [7, 11) is -4.17. The van der Waals surface area contributed by atoms with E-state index in [2.05, 4.69) is 4.74 Å². The van der Waals surface area contributed by atoms with Crippen molar-refractivity contribution in [3.63, 3.8) is 0 Å². The molecule has 0 saturated carbocycles. The summed E-state index contributed by atoms with van der Waals surface area (Å²) in [5.41, 5.74) is 0. The van der Waals surface area contributed by atoms with Gasteiger partial charge in [-0.15, -0.1) is 0 Å². The minimum atomic E-state index is -4.17.